The van der Waals surface area contributed by atoms with Crippen LogP contribution in [0, 0.1) is 6.92 Å². The number of carboxylic acid groups (broad SMARTS) is 1. The first-order valence-electron chi connectivity index (χ1n) is 5.85. The Kier molecular flexibility index (Phi) is 2.37. The molecule has 0 saturated carbocycles. The molecule has 0 saturated heterocycles. The van der Waals surface area contributed by atoms with Crippen molar-refractivity contribution in [3.05, 3.63) is 41.1 Å². The van der Waals surface area contributed by atoms with Crippen molar-refractivity contribution in [2.24, 2.45) is 0 Å². The first-order valence-corrected chi connectivity index (χ1v) is 5.85. The van der Waals surface area contributed by atoms with Crippen molar-refractivity contribution in [2.45, 2.75) is 13.3 Å². The van der Waals surface area contributed by atoms with E-state index < -0.39 is 5.97 Å². The Labute approximate surface area is 104 Å². The number of aryl methyl sites for hydroxylation is 1. The van der Waals surface area contributed by atoms with Gasteiger partial charge in [0.2, 0.25) is 0 Å². The van der Waals surface area contributed by atoms with E-state index >= 15 is 0 Å². The standard InChI is InChI=1S/C14H13NO3/c1-8-7-11(15-13(8)14(16)17)9-3-2-4-12-10(9)5-6-18-12/h2-4,7,15H,5-6H2,1H3,(H,16,17). The minimum absolute atomic E-state index is 0.251. The van der Waals surface area contributed by atoms with Crippen LogP contribution in [0.2, 0.25) is 0 Å². The molecule has 3 rings (SSSR count). The van der Waals surface area contributed by atoms with Crippen molar-refractivity contribution in [2.75, 3.05) is 6.61 Å². The molecule has 0 aliphatic carbocycles. The quantitative estimate of drug-likeness (QED) is 0.852. The summed E-state index contributed by atoms with van der Waals surface area (Å²) in [6.45, 7) is 2.49. The number of carbonyl (C=O) groups is 1. The van der Waals surface area contributed by atoms with Crippen LogP contribution in [0.25, 0.3) is 11.3 Å². The number of aromatic amines is 1. The third-order valence-electron chi connectivity index (χ3n) is 3.26. The number of H-pyrrole nitrogens is 1. The van der Waals surface area contributed by atoms with E-state index in [0.29, 0.717) is 6.61 Å². The second kappa shape index (κ2) is 3.91. The minimum atomic E-state index is -0.928. The molecular weight excluding hydrogens is 230 g/mol. The van der Waals surface area contributed by atoms with Crippen LogP contribution in [0.15, 0.2) is 24.3 Å². The maximum absolute atomic E-state index is 11.0. The number of aromatic carboxylic acids is 1. The van der Waals surface area contributed by atoms with Crippen LogP contribution in [0.3, 0.4) is 0 Å². The van der Waals surface area contributed by atoms with E-state index in [0.717, 1.165) is 34.6 Å². The number of fused-ring (bicyclic) bond motifs is 1. The molecule has 1 aliphatic heterocycles. The first kappa shape index (κ1) is 10.9. The Hall–Kier alpha value is -2.23. The topological polar surface area (TPSA) is 62.3 Å². The van der Waals surface area contributed by atoms with E-state index in [1.165, 1.54) is 0 Å². The molecule has 2 N–H and O–H groups in total. The highest BCUT2D eigenvalue weighted by Gasteiger charge is 2.19. The fourth-order valence-corrected chi connectivity index (χ4v) is 2.40. The van der Waals surface area contributed by atoms with Gasteiger partial charge < -0.3 is 14.8 Å². The van der Waals surface area contributed by atoms with Gasteiger partial charge in [-0.2, -0.15) is 0 Å². The fraction of sp³-hybridized carbons (Fsp3) is 0.214. The molecule has 0 bridgehead atoms. The predicted molar refractivity (Wildman–Crippen MR) is 67.1 cm³/mol. The second-order valence-electron chi connectivity index (χ2n) is 4.43. The smallest absolute Gasteiger partial charge is 0.352 e. The van der Waals surface area contributed by atoms with Crippen LogP contribution < -0.4 is 4.74 Å². The summed E-state index contributed by atoms with van der Waals surface area (Å²) in [4.78, 5) is 14.0. The lowest BCUT2D eigenvalue weighted by Gasteiger charge is -2.04. The number of hydrogen-bond donors (Lipinski definition) is 2. The molecule has 0 fully saturated rings. The highest BCUT2D eigenvalue weighted by atomic mass is 16.5. The van der Waals surface area contributed by atoms with Gasteiger partial charge in [0.1, 0.15) is 11.4 Å². The molecule has 1 aliphatic rings. The molecule has 2 heterocycles. The molecule has 0 radical (unpaired) electrons. The van der Waals surface area contributed by atoms with Crippen LogP contribution in [-0.2, 0) is 6.42 Å². The van der Waals surface area contributed by atoms with Crippen LogP contribution in [0.4, 0.5) is 0 Å². The molecule has 0 spiro atoms. The average molecular weight is 243 g/mol. The summed E-state index contributed by atoms with van der Waals surface area (Å²) in [7, 11) is 0. The van der Waals surface area contributed by atoms with E-state index in [9.17, 15) is 4.79 Å². The zero-order valence-corrected chi connectivity index (χ0v) is 9.99. The molecular formula is C14H13NO3. The van der Waals surface area contributed by atoms with Gasteiger partial charge in [0.05, 0.1) is 6.61 Å². The van der Waals surface area contributed by atoms with Crippen molar-refractivity contribution in [1.82, 2.24) is 4.98 Å². The van der Waals surface area contributed by atoms with Gasteiger partial charge in [-0.3, -0.25) is 0 Å². The third kappa shape index (κ3) is 1.57. The van der Waals surface area contributed by atoms with Gasteiger partial charge in [0.25, 0.3) is 0 Å². The third-order valence-corrected chi connectivity index (χ3v) is 3.26. The summed E-state index contributed by atoms with van der Waals surface area (Å²) in [6, 6.07) is 7.73. The molecule has 0 unspecified atom stereocenters. The lowest BCUT2D eigenvalue weighted by Crippen LogP contribution is -1.98. The number of aromatic nitrogens is 1. The number of nitrogens with one attached hydrogen (secondary N) is 1. The Morgan fingerprint density at radius 1 is 1.44 bits per heavy atom. The average Bonchev–Trinajstić information content (AvgIpc) is 2.94. The molecule has 4 heteroatoms. The maximum atomic E-state index is 11.0. The largest absolute Gasteiger partial charge is 0.493 e. The van der Waals surface area contributed by atoms with Crippen molar-refractivity contribution in [3.8, 4) is 17.0 Å². The monoisotopic (exact) mass is 243 g/mol. The number of carboxylic acids is 1. The molecule has 92 valence electrons. The number of ether oxygens (including phenoxy) is 1. The highest BCUT2D eigenvalue weighted by molar-refractivity contribution is 5.89. The predicted octanol–water partition coefficient (Wildman–Crippen LogP) is 2.62. The van der Waals surface area contributed by atoms with Crippen molar-refractivity contribution >= 4 is 5.97 Å². The van der Waals surface area contributed by atoms with Gasteiger partial charge in [-0.1, -0.05) is 12.1 Å². The lowest BCUT2D eigenvalue weighted by atomic mass is 10.0. The van der Waals surface area contributed by atoms with Gasteiger partial charge in [-0.25, -0.2) is 4.79 Å². The van der Waals surface area contributed by atoms with Crippen molar-refractivity contribution in [1.29, 1.82) is 0 Å². The number of hydrogen-bond acceptors (Lipinski definition) is 2. The van der Waals surface area contributed by atoms with Gasteiger partial charge in [-0.15, -0.1) is 0 Å². The zero-order valence-electron chi connectivity index (χ0n) is 9.99. The Morgan fingerprint density at radius 2 is 2.28 bits per heavy atom. The Bertz CT molecular complexity index is 628. The van der Waals surface area contributed by atoms with Gasteiger partial charge >= 0.3 is 5.97 Å². The van der Waals surface area contributed by atoms with E-state index in [2.05, 4.69) is 4.98 Å². The molecule has 18 heavy (non-hydrogen) atoms. The summed E-state index contributed by atoms with van der Waals surface area (Å²) in [6.07, 6.45) is 0.867. The van der Waals surface area contributed by atoms with Crippen LogP contribution in [0.1, 0.15) is 21.6 Å². The summed E-state index contributed by atoms with van der Waals surface area (Å²) >= 11 is 0. The van der Waals surface area contributed by atoms with E-state index in [1.54, 1.807) is 6.92 Å². The number of benzene rings is 1. The highest BCUT2D eigenvalue weighted by Crippen LogP contribution is 2.34. The lowest BCUT2D eigenvalue weighted by molar-refractivity contribution is 0.0690. The summed E-state index contributed by atoms with van der Waals surface area (Å²) in [5.74, 6) is -0.0285. The molecule has 1 aromatic carbocycles. The fourth-order valence-electron chi connectivity index (χ4n) is 2.40. The van der Waals surface area contributed by atoms with Crippen molar-refractivity contribution < 1.29 is 14.6 Å². The normalized spacial score (nSPS) is 13.2. The Balaban J connectivity index is 2.13. The van der Waals surface area contributed by atoms with Crippen molar-refractivity contribution in [3.63, 3.8) is 0 Å². The van der Waals surface area contributed by atoms with Crippen LogP contribution in [0.5, 0.6) is 5.75 Å². The molecule has 0 atom stereocenters. The van der Waals surface area contributed by atoms with Gasteiger partial charge in [0.15, 0.2) is 0 Å². The summed E-state index contributed by atoms with van der Waals surface area (Å²) in [5, 5.41) is 9.06. The van der Waals surface area contributed by atoms with Crippen LogP contribution in [-0.4, -0.2) is 22.7 Å². The summed E-state index contributed by atoms with van der Waals surface area (Å²) in [5.41, 5.74) is 4.01. The molecule has 0 amide bonds. The maximum Gasteiger partial charge on any atom is 0.352 e. The van der Waals surface area contributed by atoms with E-state index in [4.69, 9.17) is 9.84 Å². The Morgan fingerprint density at radius 3 is 3.00 bits per heavy atom. The molecule has 2 aromatic rings. The van der Waals surface area contributed by atoms with E-state index in [-0.39, 0.29) is 5.69 Å². The van der Waals surface area contributed by atoms with Gasteiger partial charge in [0, 0.05) is 23.2 Å². The minimum Gasteiger partial charge on any atom is -0.493 e. The SMILES string of the molecule is Cc1cc(-c2cccc3c2CCO3)[nH]c1C(=O)O. The summed E-state index contributed by atoms with van der Waals surface area (Å²) < 4.78 is 5.51. The van der Waals surface area contributed by atoms with E-state index in [1.807, 2.05) is 24.3 Å². The first-order chi connectivity index (χ1) is 8.66. The van der Waals surface area contributed by atoms with Gasteiger partial charge in [-0.05, 0) is 24.6 Å². The molecule has 1 aromatic heterocycles. The molecule has 4 nitrogen and oxygen atoms in total. The second-order valence-corrected chi connectivity index (χ2v) is 4.43. The van der Waals surface area contributed by atoms with Crippen LogP contribution >= 0.6 is 0 Å². The number of rotatable bonds is 2. The zero-order chi connectivity index (χ0) is 12.7.